The second-order valence-electron chi connectivity index (χ2n) is 8.55. The number of amides is 2. The second-order valence-corrected chi connectivity index (χ2v) is 10.0. The van der Waals surface area contributed by atoms with Gasteiger partial charge in [-0.15, -0.1) is 11.8 Å². The van der Waals surface area contributed by atoms with Crippen LogP contribution < -0.4 is 15.4 Å². The van der Waals surface area contributed by atoms with Crippen molar-refractivity contribution in [2.75, 3.05) is 17.7 Å². The lowest BCUT2D eigenvalue weighted by Gasteiger charge is -2.12. The highest BCUT2D eigenvalue weighted by Gasteiger charge is 2.16. The standard InChI is InChI=1S/C32H27ClN2O4S/c1-2-39-26-17-15-22(16-18-26)30(36)21-40-27-13-8-12-25(20-27)34-32(38)29(19-24-11-6-7-14-28(24)33)35-31(37)23-9-4-3-5-10-23/h3-20H,2,21H2,1H3,(H,34,38)(H,35,37)/b29-19-. The Balaban J connectivity index is 1.46. The molecule has 0 aliphatic heterocycles. The SMILES string of the molecule is CCOc1ccc(C(=O)CSc2cccc(NC(=O)/C(=C/c3ccccc3Cl)NC(=O)c3ccccc3)c2)cc1. The van der Waals surface area contributed by atoms with Crippen molar-refractivity contribution in [1.29, 1.82) is 0 Å². The molecule has 0 radical (unpaired) electrons. The van der Waals surface area contributed by atoms with E-state index in [4.69, 9.17) is 16.3 Å². The van der Waals surface area contributed by atoms with Gasteiger partial charge in [-0.25, -0.2) is 0 Å². The minimum Gasteiger partial charge on any atom is -0.494 e. The van der Waals surface area contributed by atoms with Crippen LogP contribution in [0.5, 0.6) is 5.75 Å². The van der Waals surface area contributed by atoms with E-state index in [9.17, 15) is 14.4 Å². The zero-order valence-electron chi connectivity index (χ0n) is 21.7. The highest BCUT2D eigenvalue weighted by atomic mass is 35.5. The van der Waals surface area contributed by atoms with Crippen molar-refractivity contribution in [1.82, 2.24) is 5.32 Å². The largest absolute Gasteiger partial charge is 0.494 e. The molecule has 0 saturated heterocycles. The molecule has 2 N–H and O–H groups in total. The molecular formula is C32H27ClN2O4S. The summed E-state index contributed by atoms with van der Waals surface area (Å²) >= 11 is 7.67. The van der Waals surface area contributed by atoms with Gasteiger partial charge in [0.05, 0.1) is 12.4 Å². The van der Waals surface area contributed by atoms with Gasteiger partial charge in [-0.3, -0.25) is 14.4 Å². The smallest absolute Gasteiger partial charge is 0.272 e. The number of hydrogen-bond acceptors (Lipinski definition) is 5. The van der Waals surface area contributed by atoms with Gasteiger partial charge in [0.2, 0.25) is 0 Å². The molecule has 0 atom stereocenters. The molecule has 202 valence electrons. The number of hydrogen-bond donors (Lipinski definition) is 2. The van der Waals surface area contributed by atoms with Crippen LogP contribution in [-0.4, -0.2) is 30.0 Å². The van der Waals surface area contributed by atoms with Crippen LogP contribution in [0.4, 0.5) is 5.69 Å². The second kappa shape index (κ2) is 14.2. The topological polar surface area (TPSA) is 84.5 Å². The van der Waals surface area contributed by atoms with E-state index in [0.717, 1.165) is 10.6 Å². The predicted octanol–water partition coefficient (Wildman–Crippen LogP) is 7.12. The first-order valence-corrected chi connectivity index (χ1v) is 13.9. The van der Waals surface area contributed by atoms with Crippen molar-refractivity contribution in [3.05, 3.63) is 131 Å². The fourth-order valence-corrected chi connectivity index (χ4v) is 4.73. The summed E-state index contributed by atoms with van der Waals surface area (Å²) < 4.78 is 5.43. The summed E-state index contributed by atoms with van der Waals surface area (Å²) in [6.45, 7) is 2.47. The number of nitrogens with one attached hydrogen (secondary N) is 2. The third-order valence-electron chi connectivity index (χ3n) is 5.68. The molecule has 4 rings (SSSR count). The number of carbonyl (C=O) groups is 3. The molecule has 0 aliphatic carbocycles. The highest BCUT2D eigenvalue weighted by Crippen LogP contribution is 2.24. The van der Waals surface area contributed by atoms with Gasteiger partial charge in [0.1, 0.15) is 11.4 Å². The normalized spacial score (nSPS) is 11.0. The molecule has 40 heavy (non-hydrogen) atoms. The first-order valence-electron chi connectivity index (χ1n) is 12.6. The summed E-state index contributed by atoms with van der Waals surface area (Å²) in [6.07, 6.45) is 1.53. The Morgan fingerprint density at radius 2 is 1.57 bits per heavy atom. The van der Waals surface area contributed by atoms with Gasteiger partial charge in [-0.05, 0) is 79.2 Å². The Bertz CT molecular complexity index is 1520. The van der Waals surface area contributed by atoms with Gasteiger partial charge in [0.15, 0.2) is 5.78 Å². The minimum absolute atomic E-state index is 0.0175. The average molecular weight is 571 g/mol. The summed E-state index contributed by atoms with van der Waals surface area (Å²) in [7, 11) is 0. The van der Waals surface area contributed by atoms with Crippen LogP contribution in [-0.2, 0) is 4.79 Å². The molecule has 4 aromatic carbocycles. The molecule has 0 bridgehead atoms. The molecule has 0 aromatic heterocycles. The van der Waals surface area contributed by atoms with E-state index in [1.165, 1.54) is 17.8 Å². The Morgan fingerprint density at radius 1 is 0.850 bits per heavy atom. The van der Waals surface area contributed by atoms with Gasteiger partial charge < -0.3 is 15.4 Å². The lowest BCUT2D eigenvalue weighted by atomic mass is 10.1. The van der Waals surface area contributed by atoms with Crippen LogP contribution in [0, 0.1) is 0 Å². The monoisotopic (exact) mass is 570 g/mol. The maximum absolute atomic E-state index is 13.3. The Kier molecular flexibility index (Phi) is 10.2. The fourth-order valence-electron chi connectivity index (χ4n) is 3.69. The predicted molar refractivity (Wildman–Crippen MR) is 161 cm³/mol. The zero-order chi connectivity index (χ0) is 28.3. The molecule has 6 nitrogen and oxygen atoms in total. The third kappa shape index (κ3) is 8.09. The number of rotatable bonds is 11. The molecule has 0 fully saturated rings. The number of carbonyl (C=O) groups excluding carboxylic acids is 3. The van der Waals surface area contributed by atoms with Crippen molar-refractivity contribution in [3.63, 3.8) is 0 Å². The number of anilines is 1. The molecule has 2 amide bonds. The van der Waals surface area contributed by atoms with Crippen molar-refractivity contribution in [2.45, 2.75) is 11.8 Å². The van der Waals surface area contributed by atoms with Crippen LogP contribution in [0.2, 0.25) is 5.02 Å². The van der Waals surface area contributed by atoms with Crippen LogP contribution in [0.1, 0.15) is 33.2 Å². The van der Waals surface area contributed by atoms with Gasteiger partial charge in [0.25, 0.3) is 11.8 Å². The zero-order valence-corrected chi connectivity index (χ0v) is 23.3. The summed E-state index contributed by atoms with van der Waals surface area (Å²) in [5.41, 5.74) is 2.15. The quantitative estimate of drug-likeness (QED) is 0.114. The number of Topliss-reactive ketones (excluding diaryl/α,β-unsaturated/α-hetero) is 1. The number of thioether (sulfide) groups is 1. The molecule has 0 saturated carbocycles. The molecule has 4 aromatic rings. The third-order valence-corrected chi connectivity index (χ3v) is 7.02. The van der Waals surface area contributed by atoms with Crippen molar-refractivity contribution in [2.24, 2.45) is 0 Å². The van der Waals surface area contributed by atoms with E-state index in [1.807, 2.05) is 13.0 Å². The maximum Gasteiger partial charge on any atom is 0.272 e. The minimum atomic E-state index is -0.517. The van der Waals surface area contributed by atoms with E-state index in [1.54, 1.807) is 97.1 Å². The highest BCUT2D eigenvalue weighted by molar-refractivity contribution is 8.00. The maximum atomic E-state index is 13.3. The van der Waals surface area contributed by atoms with Gasteiger partial charge in [-0.2, -0.15) is 0 Å². The van der Waals surface area contributed by atoms with Crippen LogP contribution >= 0.6 is 23.4 Å². The Morgan fingerprint density at radius 3 is 2.30 bits per heavy atom. The van der Waals surface area contributed by atoms with Crippen molar-refractivity contribution < 1.29 is 19.1 Å². The van der Waals surface area contributed by atoms with Gasteiger partial charge >= 0.3 is 0 Å². The molecular weight excluding hydrogens is 544 g/mol. The average Bonchev–Trinajstić information content (AvgIpc) is 2.98. The Hall–Kier alpha value is -4.33. The first-order chi connectivity index (χ1) is 19.4. The number of halogens is 1. The first kappa shape index (κ1) is 28.7. The molecule has 0 unspecified atom stereocenters. The fraction of sp³-hybridized carbons (Fsp3) is 0.0938. The number of ketones is 1. The molecule has 8 heteroatoms. The Labute approximate surface area is 242 Å². The number of ether oxygens (including phenoxy) is 1. The molecule has 0 heterocycles. The van der Waals surface area contributed by atoms with Crippen molar-refractivity contribution >= 4 is 52.7 Å². The summed E-state index contributed by atoms with van der Waals surface area (Å²) in [6, 6.07) is 29.9. The van der Waals surface area contributed by atoms with Crippen LogP contribution in [0.15, 0.2) is 114 Å². The summed E-state index contributed by atoms with van der Waals surface area (Å²) in [5.74, 6) is -0.00648. The van der Waals surface area contributed by atoms with Crippen molar-refractivity contribution in [3.8, 4) is 5.75 Å². The summed E-state index contributed by atoms with van der Waals surface area (Å²) in [4.78, 5) is 39.7. The van der Waals surface area contributed by atoms with Gasteiger partial charge in [-0.1, -0.05) is 54.1 Å². The van der Waals surface area contributed by atoms with E-state index < -0.39 is 11.8 Å². The van der Waals surface area contributed by atoms with E-state index >= 15 is 0 Å². The molecule has 0 spiro atoms. The number of benzene rings is 4. The summed E-state index contributed by atoms with van der Waals surface area (Å²) in [5, 5.41) is 5.99. The van der Waals surface area contributed by atoms with Crippen LogP contribution in [0.3, 0.4) is 0 Å². The van der Waals surface area contributed by atoms with Gasteiger partial charge in [0, 0.05) is 26.7 Å². The lowest BCUT2D eigenvalue weighted by molar-refractivity contribution is -0.113. The van der Waals surface area contributed by atoms with E-state index in [0.29, 0.717) is 34.0 Å². The lowest BCUT2D eigenvalue weighted by Crippen LogP contribution is -2.30. The van der Waals surface area contributed by atoms with E-state index in [-0.39, 0.29) is 17.2 Å². The molecule has 0 aliphatic rings. The van der Waals surface area contributed by atoms with Crippen LogP contribution in [0.25, 0.3) is 6.08 Å². The van der Waals surface area contributed by atoms with E-state index in [2.05, 4.69) is 10.6 Å².